The van der Waals surface area contributed by atoms with E-state index in [0.717, 1.165) is 25.2 Å². The lowest BCUT2D eigenvalue weighted by Crippen LogP contribution is -2.16. The lowest BCUT2D eigenvalue weighted by Gasteiger charge is -2.14. The van der Waals surface area contributed by atoms with Crippen molar-refractivity contribution in [3.63, 3.8) is 0 Å². The molecule has 1 rings (SSSR count). The summed E-state index contributed by atoms with van der Waals surface area (Å²) < 4.78 is 11.0. The van der Waals surface area contributed by atoms with Gasteiger partial charge in [0.15, 0.2) is 6.29 Å². The summed E-state index contributed by atoms with van der Waals surface area (Å²) in [6, 6.07) is 10.3. The summed E-state index contributed by atoms with van der Waals surface area (Å²) in [5.41, 5.74) is 0. The largest absolute Gasteiger partial charge is 0.465 e. The third-order valence-electron chi connectivity index (χ3n) is 1.84. The molecule has 1 atom stereocenters. The zero-order chi connectivity index (χ0) is 10.2. The van der Waals surface area contributed by atoms with Gasteiger partial charge in [-0.15, -0.1) is 0 Å². The zero-order valence-electron chi connectivity index (χ0n) is 8.82. The summed E-state index contributed by atoms with van der Waals surface area (Å²) in [7, 11) is 0. The van der Waals surface area contributed by atoms with Gasteiger partial charge in [0.1, 0.15) is 5.75 Å². The maximum Gasteiger partial charge on any atom is 0.196 e. The van der Waals surface area contributed by atoms with E-state index >= 15 is 0 Å². The Labute approximate surface area is 85.8 Å². The van der Waals surface area contributed by atoms with Crippen LogP contribution in [0.4, 0.5) is 0 Å². The summed E-state index contributed by atoms with van der Waals surface area (Å²) in [5, 5.41) is 0. The highest BCUT2D eigenvalue weighted by Crippen LogP contribution is 2.11. The van der Waals surface area contributed by atoms with Gasteiger partial charge < -0.3 is 9.47 Å². The van der Waals surface area contributed by atoms with Crippen molar-refractivity contribution < 1.29 is 9.47 Å². The topological polar surface area (TPSA) is 18.5 Å². The Kier molecular flexibility index (Phi) is 5.08. The minimum atomic E-state index is -0.177. The van der Waals surface area contributed by atoms with Gasteiger partial charge in [0, 0.05) is 0 Å². The van der Waals surface area contributed by atoms with Gasteiger partial charge in [-0.1, -0.05) is 25.5 Å². The van der Waals surface area contributed by atoms with Gasteiger partial charge in [-0.2, -0.15) is 0 Å². The number of hydrogen-bond acceptors (Lipinski definition) is 2. The van der Waals surface area contributed by atoms with Crippen molar-refractivity contribution in [1.82, 2.24) is 0 Å². The molecule has 14 heavy (non-hydrogen) atoms. The summed E-state index contributed by atoms with van der Waals surface area (Å²) in [6.07, 6.45) is 2.05. The molecule has 0 amide bonds. The molecule has 0 N–H and O–H groups in total. The van der Waals surface area contributed by atoms with Gasteiger partial charge in [-0.05, 0) is 31.5 Å². The van der Waals surface area contributed by atoms with Crippen LogP contribution in [-0.4, -0.2) is 12.9 Å². The van der Waals surface area contributed by atoms with Crippen LogP contribution in [0, 0.1) is 6.07 Å². The van der Waals surface area contributed by atoms with Gasteiger partial charge in [-0.25, -0.2) is 0 Å². The first-order valence-corrected chi connectivity index (χ1v) is 5.07. The van der Waals surface area contributed by atoms with Crippen LogP contribution in [0.2, 0.25) is 0 Å². The molecule has 0 bridgehead atoms. The first kappa shape index (κ1) is 11.1. The van der Waals surface area contributed by atoms with E-state index in [9.17, 15) is 0 Å². The minimum absolute atomic E-state index is 0.177. The van der Waals surface area contributed by atoms with E-state index in [1.54, 1.807) is 0 Å². The normalized spacial score (nSPS) is 12.4. The fraction of sp³-hybridized carbons (Fsp3) is 0.500. The molecule has 0 saturated carbocycles. The van der Waals surface area contributed by atoms with Gasteiger partial charge in [0.05, 0.1) is 6.61 Å². The molecule has 0 fully saturated rings. The molecule has 1 aromatic carbocycles. The van der Waals surface area contributed by atoms with Crippen LogP contribution in [0.5, 0.6) is 5.75 Å². The summed E-state index contributed by atoms with van der Waals surface area (Å²) in [6.45, 7) is 4.81. The Bertz CT molecular complexity index is 233. The lowest BCUT2D eigenvalue weighted by atomic mass is 10.3. The van der Waals surface area contributed by atoms with Crippen LogP contribution in [0.25, 0.3) is 0 Å². The maximum absolute atomic E-state index is 5.52. The van der Waals surface area contributed by atoms with Gasteiger partial charge in [0.2, 0.25) is 0 Å². The van der Waals surface area contributed by atoms with Gasteiger partial charge in [0.25, 0.3) is 0 Å². The second-order valence-corrected chi connectivity index (χ2v) is 3.15. The first-order chi connectivity index (χ1) is 6.83. The van der Waals surface area contributed by atoms with E-state index in [1.165, 1.54) is 0 Å². The number of hydrogen-bond donors (Lipinski definition) is 0. The standard InChI is InChI=1S/C12H17O2/c1-3-4-10-13-11(2)14-12-8-6-5-7-9-12/h6-9,11H,3-4,10H2,1-2H3. The Morgan fingerprint density at radius 2 is 2.07 bits per heavy atom. The molecule has 77 valence electrons. The number of unbranched alkanes of at least 4 members (excludes halogenated alkanes) is 1. The molecular formula is C12H17O2. The highest BCUT2D eigenvalue weighted by molar-refractivity contribution is 5.20. The number of ether oxygens (including phenoxy) is 2. The molecule has 0 saturated heterocycles. The van der Waals surface area contributed by atoms with Crippen molar-refractivity contribution in [2.45, 2.75) is 33.0 Å². The van der Waals surface area contributed by atoms with Crippen LogP contribution in [0.1, 0.15) is 26.7 Å². The maximum atomic E-state index is 5.52. The molecule has 1 unspecified atom stereocenters. The van der Waals surface area contributed by atoms with Crippen molar-refractivity contribution in [1.29, 1.82) is 0 Å². The lowest BCUT2D eigenvalue weighted by molar-refractivity contribution is -0.0673. The molecular weight excluding hydrogens is 176 g/mol. The zero-order valence-corrected chi connectivity index (χ0v) is 8.82. The highest BCUT2D eigenvalue weighted by Gasteiger charge is 2.02. The monoisotopic (exact) mass is 193 g/mol. The average molecular weight is 193 g/mol. The van der Waals surface area contributed by atoms with Crippen molar-refractivity contribution in [2.24, 2.45) is 0 Å². The summed E-state index contributed by atoms with van der Waals surface area (Å²) in [4.78, 5) is 0. The minimum Gasteiger partial charge on any atom is -0.465 e. The molecule has 2 heteroatoms. The van der Waals surface area contributed by atoms with E-state index in [0.29, 0.717) is 0 Å². The Morgan fingerprint density at radius 3 is 2.71 bits per heavy atom. The molecule has 0 spiro atoms. The molecule has 1 radical (unpaired) electrons. The van der Waals surface area contributed by atoms with Crippen molar-refractivity contribution in [2.75, 3.05) is 6.61 Å². The van der Waals surface area contributed by atoms with E-state index in [4.69, 9.17) is 9.47 Å². The third-order valence-corrected chi connectivity index (χ3v) is 1.84. The fourth-order valence-electron chi connectivity index (χ4n) is 1.07. The van der Waals surface area contributed by atoms with E-state index in [2.05, 4.69) is 13.0 Å². The smallest absolute Gasteiger partial charge is 0.196 e. The van der Waals surface area contributed by atoms with Crippen LogP contribution in [0.15, 0.2) is 24.3 Å². The molecule has 0 aliphatic rings. The quantitative estimate of drug-likeness (QED) is 0.510. The SMILES string of the molecule is CCCCOC(C)Oc1cc[c]cc1. The number of benzene rings is 1. The molecule has 2 nitrogen and oxygen atoms in total. The summed E-state index contributed by atoms with van der Waals surface area (Å²) >= 11 is 0. The second kappa shape index (κ2) is 6.44. The summed E-state index contributed by atoms with van der Waals surface area (Å²) in [5.74, 6) is 0.827. The van der Waals surface area contributed by atoms with Gasteiger partial charge >= 0.3 is 0 Å². The molecule has 0 aliphatic heterocycles. The van der Waals surface area contributed by atoms with Crippen LogP contribution >= 0.6 is 0 Å². The predicted molar refractivity (Wildman–Crippen MR) is 56.2 cm³/mol. The second-order valence-electron chi connectivity index (χ2n) is 3.15. The predicted octanol–water partition coefficient (Wildman–Crippen LogP) is 3.03. The average Bonchev–Trinajstić information content (AvgIpc) is 2.20. The number of rotatable bonds is 6. The van der Waals surface area contributed by atoms with E-state index < -0.39 is 0 Å². The Hall–Kier alpha value is -1.02. The molecule has 0 heterocycles. The van der Waals surface area contributed by atoms with Crippen LogP contribution in [-0.2, 0) is 4.74 Å². The highest BCUT2D eigenvalue weighted by atomic mass is 16.7. The fourth-order valence-corrected chi connectivity index (χ4v) is 1.07. The van der Waals surface area contributed by atoms with Crippen LogP contribution < -0.4 is 4.74 Å². The Balaban J connectivity index is 2.23. The van der Waals surface area contributed by atoms with E-state index in [1.807, 2.05) is 31.2 Å². The molecule has 0 aliphatic carbocycles. The van der Waals surface area contributed by atoms with Crippen LogP contribution in [0.3, 0.4) is 0 Å². The van der Waals surface area contributed by atoms with E-state index in [-0.39, 0.29) is 6.29 Å². The molecule has 0 aromatic heterocycles. The third kappa shape index (κ3) is 4.28. The van der Waals surface area contributed by atoms with Crippen molar-refractivity contribution in [3.05, 3.63) is 30.3 Å². The first-order valence-electron chi connectivity index (χ1n) is 5.07. The van der Waals surface area contributed by atoms with Crippen molar-refractivity contribution in [3.8, 4) is 5.75 Å². The van der Waals surface area contributed by atoms with Gasteiger partial charge in [-0.3, -0.25) is 0 Å². The van der Waals surface area contributed by atoms with Crippen molar-refractivity contribution >= 4 is 0 Å². The molecule has 1 aromatic rings. The Morgan fingerprint density at radius 1 is 1.36 bits per heavy atom.